The molecule has 0 radical (unpaired) electrons. The average molecular weight is 243 g/mol. The quantitative estimate of drug-likeness (QED) is 0.768. The highest BCUT2D eigenvalue weighted by atomic mass is 28.3. The Morgan fingerprint density at radius 3 is 2.41 bits per heavy atom. The number of nitrogens with zero attached hydrogens (tertiary/aromatic N) is 1. The van der Waals surface area contributed by atoms with Gasteiger partial charge in [0.1, 0.15) is 13.8 Å². The molecule has 17 heavy (non-hydrogen) atoms. The lowest BCUT2D eigenvalue weighted by atomic mass is 10.4. The first-order valence-corrected chi connectivity index (χ1v) is 8.70. The van der Waals surface area contributed by atoms with Crippen LogP contribution in [0, 0.1) is 0 Å². The number of hydrogen-bond acceptors (Lipinski definition) is 2. The highest BCUT2D eigenvalue weighted by molar-refractivity contribution is 7.00. The molecule has 0 unspecified atom stereocenters. The normalized spacial score (nSPS) is 11.2. The first kappa shape index (κ1) is 11.9. The summed E-state index contributed by atoms with van der Waals surface area (Å²) in [4.78, 5) is 4.12. The minimum absolute atomic E-state index is 0.896. The molecule has 0 bridgehead atoms. The summed E-state index contributed by atoms with van der Waals surface area (Å²) >= 11 is 0. The zero-order valence-corrected chi connectivity index (χ0v) is 11.5. The second-order valence-corrected chi connectivity index (χ2v) is 8.93. The van der Waals surface area contributed by atoms with E-state index in [9.17, 15) is 0 Å². The zero-order valence-electron chi connectivity index (χ0n) is 10.5. The van der Waals surface area contributed by atoms with E-state index >= 15 is 0 Å². The highest BCUT2D eigenvalue weighted by Gasteiger charge is 2.28. The lowest BCUT2D eigenvalue weighted by molar-refractivity contribution is 0.416. The number of hydrogen-bond donors (Lipinski definition) is 0. The third-order valence-corrected chi connectivity index (χ3v) is 6.71. The number of methoxy groups -OCH3 is 1. The van der Waals surface area contributed by atoms with Crippen molar-refractivity contribution in [2.75, 3.05) is 7.11 Å². The van der Waals surface area contributed by atoms with Crippen LogP contribution in [0.4, 0.5) is 0 Å². The predicted octanol–water partition coefficient (Wildman–Crippen LogP) is 1.91. The molecule has 0 atom stereocenters. The van der Waals surface area contributed by atoms with Crippen molar-refractivity contribution in [1.29, 1.82) is 0 Å². The molecule has 1 heterocycles. The van der Waals surface area contributed by atoms with E-state index < -0.39 is 8.07 Å². The van der Waals surface area contributed by atoms with Crippen molar-refractivity contribution in [1.82, 2.24) is 4.98 Å². The molecular weight excluding hydrogens is 226 g/mol. The van der Waals surface area contributed by atoms with Crippen LogP contribution in [0.3, 0.4) is 0 Å². The summed E-state index contributed by atoms with van der Waals surface area (Å²) in [6, 6.07) is 12.7. The standard InChI is InChI=1S/C14H17NOSi/c1-16-13-11-15-10-9-14(13)17(2,3)12-7-5-4-6-8-12/h4-11H,1-3H3. The van der Waals surface area contributed by atoms with Gasteiger partial charge in [0.2, 0.25) is 0 Å². The maximum absolute atomic E-state index is 5.43. The van der Waals surface area contributed by atoms with Crippen LogP contribution in [-0.2, 0) is 0 Å². The van der Waals surface area contributed by atoms with E-state index in [1.54, 1.807) is 13.3 Å². The van der Waals surface area contributed by atoms with E-state index in [0.717, 1.165) is 5.75 Å². The van der Waals surface area contributed by atoms with Gasteiger partial charge in [0.25, 0.3) is 0 Å². The molecular formula is C14H17NOSi. The van der Waals surface area contributed by atoms with Gasteiger partial charge >= 0.3 is 0 Å². The molecule has 2 rings (SSSR count). The lowest BCUT2D eigenvalue weighted by Crippen LogP contribution is -2.53. The molecule has 0 aliphatic heterocycles. The maximum atomic E-state index is 5.43. The van der Waals surface area contributed by atoms with Crippen molar-refractivity contribution in [3.8, 4) is 5.75 Å². The van der Waals surface area contributed by atoms with Gasteiger partial charge in [0, 0.05) is 6.20 Å². The second kappa shape index (κ2) is 4.71. The van der Waals surface area contributed by atoms with Gasteiger partial charge in [-0.1, -0.05) is 48.6 Å². The van der Waals surface area contributed by atoms with E-state index in [2.05, 4.69) is 54.5 Å². The number of rotatable bonds is 3. The topological polar surface area (TPSA) is 22.1 Å². The van der Waals surface area contributed by atoms with E-state index in [1.165, 1.54) is 10.4 Å². The van der Waals surface area contributed by atoms with Gasteiger partial charge in [0.05, 0.1) is 13.3 Å². The Hall–Kier alpha value is -1.61. The molecule has 0 fully saturated rings. The molecule has 0 saturated heterocycles. The molecule has 0 saturated carbocycles. The monoisotopic (exact) mass is 243 g/mol. The Balaban J connectivity index is 2.51. The van der Waals surface area contributed by atoms with E-state index in [1.807, 2.05) is 6.20 Å². The maximum Gasteiger partial charge on any atom is 0.136 e. The highest BCUT2D eigenvalue weighted by Crippen LogP contribution is 2.12. The van der Waals surface area contributed by atoms with Crippen LogP contribution in [0.15, 0.2) is 48.8 Å². The largest absolute Gasteiger partial charge is 0.495 e. The summed E-state index contributed by atoms with van der Waals surface area (Å²) in [5, 5.41) is 2.70. The smallest absolute Gasteiger partial charge is 0.136 e. The average Bonchev–Trinajstić information content (AvgIpc) is 2.39. The van der Waals surface area contributed by atoms with Gasteiger partial charge in [-0.3, -0.25) is 4.98 Å². The lowest BCUT2D eigenvalue weighted by Gasteiger charge is -2.25. The molecule has 0 spiro atoms. The number of pyridine rings is 1. The summed E-state index contributed by atoms with van der Waals surface area (Å²) in [5.41, 5.74) is 0. The van der Waals surface area contributed by atoms with Crippen molar-refractivity contribution >= 4 is 18.4 Å². The fraction of sp³-hybridized carbons (Fsp3) is 0.214. The molecule has 88 valence electrons. The Bertz CT molecular complexity index is 497. The van der Waals surface area contributed by atoms with Crippen LogP contribution in [0.1, 0.15) is 0 Å². The summed E-state index contributed by atoms with van der Waals surface area (Å²) < 4.78 is 5.43. The van der Waals surface area contributed by atoms with E-state index in [4.69, 9.17) is 4.74 Å². The minimum Gasteiger partial charge on any atom is -0.495 e. The van der Waals surface area contributed by atoms with Crippen molar-refractivity contribution in [2.45, 2.75) is 13.1 Å². The van der Waals surface area contributed by atoms with Gasteiger partial charge in [-0.25, -0.2) is 0 Å². The van der Waals surface area contributed by atoms with Gasteiger partial charge < -0.3 is 4.74 Å². The fourth-order valence-electron chi connectivity index (χ4n) is 2.07. The summed E-state index contributed by atoms with van der Waals surface area (Å²) in [5.74, 6) is 0.896. The first-order chi connectivity index (χ1) is 8.16. The summed E-state index contributed by atoms with van der Waals surface area (Å²) in [6.45, 7) is 4.67. The zero-order chi connectivity index (χ0) is 12.3. The van der Waals surface area contributed by atoms with E-state index in [-0.39, 0.29) is 0 Å². The van der Waals surface area contributed by atoms with Crippen LogP contribution in [0.2, 0.25) is 13.1 Å². The van der Waals surface area contributed by atoms with Gasteiger partial charge in [-0.2, -0.15) is 0 Å². The third kappa shape index (κ3) is 2.24. The van der Waals surface area contributed by atoms with Crippen molar-refractivity contribution < 1.29 is 4.74 Å². The van der Waals surface area contributed by atoms with E-state index in [0.29, 0.717) is 0 Å². The number of ether oxygens (including phenoxy) is 1. The van der Waals surface area contributed by atoms with Crippen LogP contribution in [0.5, 0.6) is 5.75 Å². The van der Waals surface area contributed by atoms with Crippen molar-refractivity contribution in [3.05, 3.63) is 48.8 Å². The van der Waals surface area contributed by atoms with Crippen LogP contribution in [0.25, 0.3) is 0 Å². The molecule has 0 aliphatic rings. The molecule has 0 aliphatic carbocycles. The van der Waals surface area contributed by atoms with Gasteiger partial charge in [-0.15, -0.1) is 0 Å². The van der Waals surface area contributed by atoms with Gasteiger partial charge in [0.15, 0.2) is 0 Å². The molecule has 3 heteroatoms. The molecule has 0 amide bonds. The van der Waals surface area contributed by atoms with Gasteiger partial charge in [-0.05, 0) is 11.3 Å². The summed E-state index contributed by atoms with van der Waals surface area (Å²) in [7, 11) is 0.0183. The Morgan fingerprint density at radius 1 is 1.06 bits per heavy atom. The van der Waals surface area contributed by atoms with Crippen molar-refractivity contribution in [2.24, 2.45) is 0 Å². The summed E-state index contributed by atoms with van der Waals surface area (Å²) in [6.07, 6.45) is 3.64. The van der Waals surface area contributed by atoms with Crippen LogP contribution < -0.4 is 15.1 Å². The number of benzene rings is 1. The Kier molecular flexibility index (Phi) is 3.29. The third-order valence-electron chi connectivity index (χ3n) is 3.17. The molecule has 2 nitrogen and oxygen atoms in total. The molecule has 1 aromatic heterocycles. The second-order valence-electron chi connectivity index (χ2n) is 4.57. The Morgan fingerprint density at radius 2 is 1.76 bits per heavy atom. The van der Waals surface area contributed by atoms with Crippen LogP contribution >= 0.6 is 0 Å². The first-order valence-electron chi connectivity index (χ1n) is 5.70. The molecule has 0 N–H and O–H groups in total. The van der Waals surface area contributed by atoms with Crippen molar-refractivity contribution in [3.63, 3.8) is 0 Å². The predicted molar refractivity (Wildman–Crippen MR) is 74.0 cm³/mol. The molecule has 1 aromatic carbocycles. The minimum atomic E-state index is -1.69. The fourth-order valence-corrected chi connectivity index (χ4v) is 4.68. The van der Waals surface area contributed by atoms with Crippen LogP contribution in [-0.4, -0.2) is 20.2 Å². The SMILES string of the molecule is COc1cnccc1[Si](C)(C)c1ccccc1. The number of aromatic nitrogens is 1. The molecule has 2 aromatic rings. The Labute approximate surface area is 103 Å².